The van der Waals surface area contributed by atoms with Gasteiger partial charge in [-0.3, -0.25) is 0 Å². The highest BCUT2D eigenvalue weighted by atomic mass is 29.3. The molecule has 0 nitrogen and oxygen atoms in total. The van der Waals surface area contributed by atoms with Gasteiger partial charge in [-0.1, -0.05) is 96.4 Å². The van der Waals surface area contributed by atoms with Crippen LogP contribution in [-0.2, 0) is 0 Å². The second-order valence-corrected chi connectivity index (χ2v) is 30.9. The molecule has 1 saturated carbocycles. The maximum Gasteiger partial charge on any atom is 0.0468 e. The van der Waals surface area contributed by atoms with Crippen LogP contribution >= 0.6 is 0 Å². The van der Waals surface area contributed by atoms with E-state index in [1.165, 1.54) is 25.3 Å². The average Bonchev–Trinajstić information content (AvgIpc) is 2.37. The Hall–Kier alpha value is 0.651. The van der Waals surface area contributed by atoms with Crippen LogP contribution in [0, 0.1) is 0 Å². The van der Waals surface area contributed by atoms with Crippen LogP contribution in [-0.4, -0.2) is 23.3 Å². The molecule has 0 saturated heterocycles. The van der Waals surface area contributed by atoms with E-state index in [-0.39, 0.29) is 0 Å². The van der Waals surface area contributed by atoms with Crippen molar-refractivity contribution in [3.05, 3.63) is 0 Å². The second-order valence-electron chi connectivity index (χ2n) is 8.96. The van der Waals surface area contributed by atoms with Crippen LogP contribution in [0.2, 0.25) is 63.0 Å². The van der Waals surface area contributed by atoms with Crippen LogP contribution in [0.25, 0.3) is 0 Å². The first-order valence-electron chi connectivity index (χ1n) is 8.62. The summed E-state index contributed by atoms with van der Waals surface area (Å²) in [5, 5.41) is 0. The van der Waals surface area contributed by atoms with E-state index in [1.54, 1.807) is 24.9 Å². The predicted molar refractivity (Wildman–Crippen MR) is 99.4 cm³/mol. The summed E-state index contributed by atoms with van der Waals surface area (Å²) in [6.07, 6.45) is 7.72. The summed E-state index contributed by atoms with van der Waals surface area (Å²) in [6, 6.07) is 4.71. The minimum atomic E-state index is -0.982. The number of rotatable bonds is 6. The summed E-state index contributed by atoms with van der Waals surface area (Å²) in [4.78, 5) is 0. The van der Waals surface area contributed by atoms with Crippen molar-refractivity contribution in [1.82, 2.24) is 0 Å². The molecule has 0 heterocycles. The molecule has 0 aromatic rings. The lowest BCUT2D eigenvalue weighted by Crippen LogP contribution is -2.58. The van der Waals surface area contributed by atoms with E-state index in [2.05, 4.69) is 46.2 Å². The Kier molecular flexibility index (Phi) is 6.16. The van der Waals surface area contributed by atoms with Gasteiger partial charge in [0.2, 0.25) is 0 Å². The summed E-state index contributed by atoms with van der Waals surface area (Å²) in [6.45, 7) is 18.6. The predicted octanol–water partition coefficient (Wildman–Crippen LogP) is 6.54. The van der Waals surface area contributed by atoms with Crippen molar-refractivity contribution in [2.45, 2.75) is 102 Å². The lowest BCUT2D eigenvalue weighted by atomic mass is 10.0. The molecule has 1 fully saturated rings. The average molecular weight is 315 g/mol. The molecule has 1 aliphatic rings. The van der Waals surface area contributed by atoms with Gasteiger partial charge in [-0.2, -0.15) is 0 Å². The van der Waals surface area contributed by atoms with Gasteiger partial charge in [-0.25, -0.2) is 0 Å². The molecular weight excluding hydrogens is 276 g/mol. The van der Waals surface area contributed by atoms with Crippen molar-refractivity contribution in [3.8, 4) is 0 Å². The molecule has 0 aliphatic heterocycles. The first-order chi connectivity index (χ1) is 8.62. The molecule has 0 N–H and O–H groups in total. The van der Waals surface area contributed by atoms with E-state index < -0.39 is 23.3 Å². The molecule has 0 atom stereocenters. The summed E-state index contributed by atoms with van der Waals surface area (Å²) in [5.41, 5.74) is 1.16. The highest BCUT2D eigenvalue weighted by molar-refractivity contribution is 7.41. The Balaban J connectivity index is 2.67. The Morgan fingerprint density at radius 2 is 1.32 bits per heavy atom. The molecule has 0 spiro atoms. The summed E-state index contributed by atoms with van der Waals surface area (Å²) >= 11 is 0. The molecule has 0 aromatic heterocycles. The molecule has 1 aliphatic carbocycles. The molecule has 0 aromatic carbocycles. The van der Waals surface area contributed by atoms with Gasteiger partial charge in [0.1, 0.15) is 0 Å². The molecule has 0 unspecified atom stereocenters. The third-order valence-electron chi connectivity index (χ3n) is 6.75. The Bertz CT molecular complexity index is 276. The lowest BCUT2D eigenvalue weighted by Gasteiger charge is -2.47. The zero-order chi connectivity index (χ0) is 14.7. The van der Waals surface area contributed by atoms with Crippen LogP contribution < -0.4 is 0 Å². The largest absolute Gasteiger partial charge is 0.0713 e. The highest BCUT2D eigenvalue weighted by Gasteiger charge is 2.46. The molecule has 114 valence electrons. The Morgan fingerprint density at radius 3 is 1.79 bits per heavy atom. The zero-order valence-corrected chi connectivity index (χ0v) is 17.7. The fraction of sp³-hybridized carbons (Fsp3) is 1.00. The molecule has 0 radical (unpaired) electrons. The molecule has 3 heteroatoms. The Labute approximate surface area is 125 Å². The summed E-state index contributed by atoms with van der Waals surface area (Å²) < 4.78 is 0. The van der Waals surface area contributed by atoms with E-state index in [0.717, 1.165) is 5.54 Å². The van der Waals surface area contributed by atoms with Crippen molar-refractivity contribution in [2.75, 3.05) is 0 Å². The summed E-state index contributed by atoms with van der Waals surface area (Å²) in [7, 11) is -2.81. The third-order valence-corrected chi connectivity index (χ3v) is 30.8. The van der Waals surface area contributed by atoms with Crippen molar-refractivity contribution in [2.24, 2.45) is 0 Å². The third kappa shape index (κ3) is 4.57. The topological polar surface area (TPSA) is 0 Å². The van der Waals surface area contributed by atoms with E-state index in [9.17, 15) is 0 Å². The van der Waals surface area contributed by atoms with Gasteiger partial charge in [0.15, 0.2) is 0 Å². The summed E-state index contributed by atoms with van der Waals surface area (Å²) in [5.74, 6) is 0. The van der Waals surface area contributed by atoms with Crippen molar-refractivity contribution in [1.29, 1.82) is 0 Å². The van der Waals surface area contributed by atoms with Gasteiger partial charge < -0.3 is 0 Å². The van der Waals surface area contributed by atoms with Crippen molar-refractivity contribution >= 4 is 23.3 Å². The van der Waals surface area contributed by atoms with E-state index in [4.69, 9.17) is 0 Å². The minimum Gasteiger partial charge on any atom is -0.0713 e. The molecule has 0 amide bonds. The Morgan fingerprint density at radius 1 is 0.789 bits per heavy atom. The second kappa shape index (κ2) is 6.61. The number of hydrogen-bond donors (Lipinski definition) is 0. The molecular formula is C16H38Si3. The van der Waals surface area contributed by atoms with E-state index >= 15 is 0 Å². The molecule has 1 rings (SSSR count). The normalized spacial score (nSPS) is 19.7. The lowest BCUT2D eigenvalue weighted by molar-refractivity contribution is 0.495. The zero-order valence-electron chi connectivity index (χ0n) is 14.7. The van der Waals surface area contributed by atoms with Crippen LogP contribution in [0.1, 0.15) is 39.0 Å². The van der Waals surface area contributed by atoms with Crippen molar-refractivity contribution in [3.63, 3.8) is 0 Å². The fourth-order valence-corrected chi connectivity index (χ4v) is 19.9. The van der Waals surface area contributed by atoms with Crippen LogP contribution in [0.5, 0.6) is 0 Å². The van der Waals surface area contributed by atoms with Gasteiger partial charge in [-0.15, -0.1) is 0 Å². The van der Waals surface area contributed by atoms with Gasteiger partial charge in [0, 0.05) is 23.3 Å². The smallest absolute Gasteiger partial charge is 0.0468 e. The standard InChI is InChI=1S/C16H38Si3/c1-8-17(2,3)14-15-18(4,5)19(6,7)16-12-10-9-11-13-16/h16H,8-15H2,1-7H3. The quantitative estimate of drug-likeness (QED) is 0.488. The monoisotopic (exact) mass is 314 g/mol. The highest BCUT2D eigenvalue weighted by Crippen LogP contribution is 2.43. The van der Waals surface area contributed by atoms with Gasteiger partial charge >= 0.3 is 0 Å². The minimum absolute atomic E-state index is 0.858. The van der Waals surface area contributed by atoms with Gasteiger partial charge in [-0.05, 0) is 5.54 Å². The van der Waals surface area contributed by atoms with E-state index in [1.807, 2.05) is 0 Å². The van der Waals surface area contributed by atoms with Crippen LogP contribution in [0.4, 0.5) is 0 Å². The number of hydrogen-bond acceptors (Lipinski definition) is 0. The SMILES string of the molecule is CC[Si](C)(C)CC[Si](C)(C)[Si](C)(C)C1CCCCC1. The fourth-order valence-electron chi connectivity index (χ4n) is 3.53. The molecule has 0 bridgehead atoms. The van der Waals surface area contributed by atoms with Crippen molar-refractivity contribution < 1.29 is 0 Å². The first kappa shape index (κ1) is 17.7. The van der Waals surface area contributed by atoms with Crippen LogP contribution in [0.15, 0.2) is 0 Å². The van der Waals surface area contributed by atoms with E-state index in [0.29, 0.717) is 0 Å². The van der Waals surface area contributed by atoms with Crippen LogP contribution in [0.3, 0.4) is 0 Å². The maximum atomic E-state index is 2.76. The maximum absolute atomic E-state index is 2.76. The molecule has 19 heavy (non-hydrogen) atoms. The van der Waals surface area contributed by atoms with Gasteiger partial charge in [0.05, 0.1) is 0 Å². The first-order valence-corrected chi connectivity index (χ1v) is 19.3. The van der Waals surface area contributed by atoms with Gasteiger partial charge in [0.25, 0.3) is 0 Å².